The number of unbranched alkanes of at least 4 members (excludes halogenated alkanes) is 1. The quantitative estimate of drug-likeness (QED) is 0.663. The summed E-state index contributed by atoms with van der Waals surface area (Å²) in [6.45, 7) is 3.67. The van der Waals surface area contributed by atoms with Crippen LogP contribution in [0, 0.1) is 0 Å². The number of nitrogens with one attached hydrogen (secondary N) is 2. The van der Waals surface area contributed by atoms with Crippen molar-refractivity contribution < 1.29 is 16.8 Å². The molecule has 0 atom stereocenters. The van der Waals surface area contributed by atoms with Gasteiger partial charge in [-0.1, -0.05) is 6.92 Å². The van der Waals surface area contributed by atoms with Gasteiger partial charge in [0.05, 0.1) is 10.6 Å². The molecule has 0 saturated carbocycles. The van der Waals surface area contributed by atoms with Crippen LogP contribution in [0.15, 0.2) is 29.2 Å². The lowest BCUT2D eigenvalue weighted by Gasteiger charge is -2.08. The summed E-state index contributed by atoms with van der Waals surface area (Å²) >= 11 is 0. The molecule has 1 aromatic rings. The molecular weight excluding hydrogens is 312 g/mol. The lowest BCUT2D eigenvalue weighted by atomic mass is 10.3. The van der Waals surface area contributed by atoms with Crippen molar-refractivity contribution in [2.24, 2.45) is 0 Å². The van der Waals surface area contributed by atoms with Crippen LogP contribution < -0.4 is 10.0 Å². The smallest absolute Gasteiger partial charge is 0.232 e. The van der Waals surface area contributed by atoms with Crippen LogP contribution in [0.3, 0.4) is 0 Å². The van der Waals surface area contributed by atoms with E-state index < -0.39 is 19.9 Å². The molecule has 0 radical (unpaired) electrons. The molecule has 0 aliphatic carbocycles. The average molecular weight is 334 g/mol. The highest BCUT2D eigenvalue weighted by Gasteiger charge is 2.11. The van der Waals surface area contributed by atoms with Gasteiger partial charge in [0.2, 0.25) is 10.0 Å². The number of sulfonamides is 1. The highest BCUT2D eigenvalue weighted by atomic mass is 32.2. The van der Waals surface area contributed by atoms with Crippen molar-refractivity contribution in [2.45, 2.75) is 24.7 Å². The van der Waals surface area contributed by atoms with Crippen molar-refractivity contribution in [3.8, 4) is 0 Å². The Morgan fingerprint density at radius 2 is 1.62 bits per heavy atom. The highest BCUT2D eigenvalue weighted by molar-refractivity contribution is 7.92. The first kappa shape index (κ1) is 17.9. The van der Waals surface area contributed by atoms with Crippen LogP contribution in [0.25, 0.3) is 0 Å². The van der Waals surface area contributed by atoms with Crippen LogP contribution in [0.2, 0.25) is 0 Å². The summed E-state index contributed by atoms with van der Waals surface area (Å²) in [5, 5.41) is 3.13. The third-order valence-corrected chi connectivity index (χ3v) is 5.32. The second kappa shape index (κ2) is 7.77. The molecule has 0 amide bonds. The lowest BCUT2D eigenvalue weighted by molar-refractivity contribution is 0.593. The molecule has 0 fully saturated rings. The topological polar surface area (TPSA) is 92.3 Å². The van der Waals surface area contributed by atoms with Crippen LogP contribution in [-0.4, -0.2) is 41.9 Å². The Kier molecular flexibility index (Phi) is 6.63. The van der Waals surface area contributed by atoms with Gasteiger partial charge in [-0.15, -0.1) is 0 Å². The summed E-state index contributed by atoms with van der Waals surface area (Å²) in [6.07, 6.45) is 2.47. The summed E-state index contributed by atoms with van der Waals surface area (Å²) < 4.78 is 48.8. The van der Waals surface area contributed by atoms with E-state index >= 15 is 0 Å². The Morgan fingerprint density at radius 1 is 1.00 bits per heavy atom. The van der Waals surface area contributed by atoms with Gasteiger partial charge in [-0.3, -0.25) is 4.72 Å². The predicted octanol–water partition coefficient (Wildman–Crippen LogP) is 1.22. The number of benzene rings is 1. The average Bonchev–Trinajstić information content (AvgIpc) is 2.37. The monoisotopic (exact) mass is 334 g/mol. The van der Waals surface area contributed by atoms with Crippen LogP contribution in [0.4, 0.5) is 5.69 Å². The van der Waals surface area contributed by atoms with E-state index in [1.807, 2.05) is 6.92 Å². The maximum Gasteiger partial charge on any atom is 0.232 e. The molecule has 21 heavy (non-hydrogen) atoms. The van der Waals surface area contributed by atoms with Gasteiger partial charge >= 0.3 is 0 Å². The van der Waals surface area contributed by atoms with Crippen molar-refractivity contribution in [3.63, 3.8) is 0 Å². The molecule has 1 rings (SSSR count). The summed E-state index contributed by atoms with van der Waals surface area (Å²) in [4.78, 5) is 0.163. The molecule has 2 N–H and O–H groups in total. The SMILES string of the molecule is CCNCCCCS(=O)(=O)Nc1ccc(S(C)(=O)=O)cc1. The highest BCUT2D eigenvalue weighted by Crippen LogP contribution is 2.15. The fourth-order valence-corrected chi connectivity index (χ4v) is 3.53. The zero-order valence-electron chi connectivity index (χ0n) is 12.3. The van der Waals surface area contributed by atoms with E-state index in [9.17, 15) is 16.8 Å². The second-order valence-electron chi connectivity index (χ2n) is 4.78. The molecular formula is C13H22N2O4S2. The second-order valence-corrected chi connectivity index (χ2v) is 8.64. The Bertz CT molecular complexity index is 637. The molecule has 0 spiro atoms. The summed E-state index contributed by atoms with van der Waals surface area (Å²) in [7, 11) is -6.67. The lowest BCUT2D eigenvalue weighted by Crippen LogP contribution is -2.19. The summed E-state index contributed by atoms with van der Waals surface area (Å²) in [5.74, 6) is 0.0478. The van der Waals surface area contributed by atoms with E-state index in [1.54, 1.807) is 0 Å². The predicted molar refractivity (Wildman–Crippen MR) is 84.7 cm³/mol. The molecule has 0 unspecified atom stereocenters. The van der Waals surface area contributed by atoms with Gasteiger partial charge in [0.1, 0.15) is 0 Å². The van der Waals surface area contributed by atoms with Crippen LogP contribution in [-0.2, 0) is 19.9 Å². The van der Waals surface area contributed by atoms with Gasteiger partial charge < -0.3 is 5.32 Å². The molecule has 0 aliphatic heterocycles. The van der Waals surface area contributed by atoms with Crippen molar-refractivity contribution in [3.05, 3.63) is 24.3 Å². The Balaban J connectivity index is 2.55. The first-order chi connectivity index (χ1) is 9.74. The first-order valence-electron chi connectivity index (χ1n) is 6.76. The van der Waals surface area contributed by atoms with Gasteiger partial charge in [-0.25, -0.2) is 16.8 Å². The van der Waals surface area contributed by atoms with Crippen molar-refractivity contribution in [1.82, 2.24) is 5.32 Å². The van der Waals surface area contributed by atoms with Crippen LogP contribution >= 0.6 is 0 Å². The molecule has 0 heterocycles. The van der Waals surface area contributed by atoms with Gasteiger partial charge in [0.15, 0.2) is 9.84 Å². The fraction of sp³-hybridized carbons (Fsp3) is 0.538. The molecule has 0 aromatic heterocycles. The number of rotatable bonds is 9. The number of anilines is 1. The largest absolute Gasteiger partial charge is 0.317 e. The summed E-state index contributed by atoms with van der Waals surface area (Å²) in [5.41, 5.74) is 0.370. The molecule has 6 nitrogen and oxygen atoms in total. The zero-order chi connectivity index (χ0) is 15.9. The molecule has 120 valence electrons. The molecule has 1 aromatic carbocycles. The molecule has 8 heteroatoms. The number of hydrogen-bond acceptors (Lipinski definition) is 5. The van der Waals surface area contributed by atoms with Crippen LogP contribution in [0.5, 0.6) is 0 Å². The normalized spacial score (nSPS) is 12.3. The minimum atomic E-state index is -3.40. The first-order valence-corrected chi connectivity index (χ1v) is 10.3. The maximum atomic E-state index is 11.9. The minimum Gasteiger partial charge on any atom is -0.317 e. The van der Waals surface area contributed by atoms with Gasteiger partial charge in [0.25, 0.3) is 0 Å². The van der Waals surface area contributed by atoms with E-state index in [0.717, 1.165) is 25.8 Å². The third-order valence-electron chi connectivity index (χ3n) is 2.82. The van der Waals surface area contributed by atoms with E-state index in [2.05, 4.69) is 10.0 Å². The van der Waals surface area contributed by atoms with Crippen molar-refractivity contribution in [2.75, 3.05) is 29.8 Å². The minimum absolute atomic E-state index is 0.0478. The third kappa shape index (κ3) is 6.92. The fourth-order valence-electron chi connectivity index (χ4n) is 1.72. The van der Waals surface area contributed by atoms with Crippen LogP contribution in [0.1, 0.15) is 19.8 Å². The standard InChI is InChI=1S/C13H22N2O4S2/c1-3-14-10-4-5-11-21(18,19)15-12-6-8-13(9-7-12)20(2,16)17/h6-9,14-15H,3-5,10-11H2,1-2H3. The van der Waals surface area contributed by atoms with Gasteiger partial charge in [0, 0.05) is 11.9 Å². The number of hydrogen-bond donors (Lipinski definition) is 2. The number of sulfone groups is 1. The van der Waals surface area contributed by atoms with Crippen molar-refractivity contribution >= 4 is 25.5 Å². The van der Waals surface area contributed by atoms with E-state index in [-0.39, 0.29) is 10.6 Å². The maximum absolute atomic E-state index is 11.9. The van der Waals surface area contributed by atoms with Crippen molar-refractivity contribution in [1.29, 1.82) is 0 Å². The summed E-state index contributed by atoms with van der Waals surface area (Å²) in [6, 6.07) is 5.68. The molecule has 0 bridgehead atoms. The van der Waals surface area contributed by atoms with E-state index in [1.165, 1.54) is 24.3 Å². The van der Waals surface area contributed by atoms with Gasteiger partial charge in [-0.2, -0.15) is 0 Å². The Hall–Kier alpha value is -1.12. The van der Waals surface area contributed by atoms with E-state index in [0.29, 0.717) is 12.1 Å². The molecule has 0 saturated heterocycles. The molecule has 0 aliphatic rings. The van der Waals surface area contributed by atoms with Gasteiger partial charge in [-0.05, 0) is 50.2 Å². The Labute approximate surface area is 126 Å². The van der Waals surface area contributed by atoms with E-state index in [4.69, 9.17) is 0 Å². The zero-order valence-corrected chi connectivity index (χ0v) is 13.9. The Morgan fingerprint density at radius 3 is 2.14 bits per heavy atom.